The summed E-state index contributed by atoms with van der Waals surface area (Å²) < 4.78 is 10.6. The highest BCUT2D eigenvalue weighted by molar-refractivity contribution is 7.99. The summed E-state index contributed by atoms with van der Waals surface area (Å²) >= 11 is 1.47. The highest BCUT2D eigenvalue weighted by atomic mass is 32.2. The third kappa shape index (κ3) is 6.40. The minimum Gasteiger partial charge on any atom is -0.496 e. The van der Waals surface area contributed by atoms with Gasteiger partial charge in [0.2, 0.25) is 0 Å². The number of nitrogens with two attached hydrogens (primary N) is 1. The Morgan fingerprint density at radius 3 is 2.62 bits per heavy atom. The molecule has 4 nitrogen and oxygen atoms in total. The lowest BCUT2D eigenvalue weighted by atomic mass is 10.1. The van der Waals surface area contributed by atoms with Gasteiger partial charge in [0.15, 0.2) is 0 Å². The van der Waals surface area contributed by atoms with Crippen LogP contribution < -0.4 is 10.5 Å². The van der Waals surface area contributed by atoms with E-state index >= 15 is 0 Å². The average Bonchev–Trinajstić information content (AvgIpc) is 2.36. The second kappa shape index (κ2) is 7.71. The molecule has 1 rings (SSSR count). The van der Waals surface area contributed by atoms with Gasteiger partial charge in [-0.1, -0.05) is 17.7 Å². The molecule has 0 aliphatic carbocycles. The van der Waals surface area contributed by atoms with Gasteiger partial charge in [0.25, 0.3) is 0 Å². The fourth-order valence-electron chi connectivity index (χ4n) is 1.87. The maximum absolute atomic E-state index is 11.6. The molecule has 0 aliphatic rings. The standard InChI is InChI=1S/C16H25NO3S/c1-11-6-7-14(19-5)12(8-11)13(17)9-21-10-15(18)20-16(2,3)4/h6-8,13H,9-10,17H2,1-5H3. The maximum Gasteiger partial charge on any atom is 0.316 e. The van der Waals surface area contributed by atoms with E-state index in [0.717, 1.165) is 16.9 Å². The highest BCUT2D eigenvalue weighted by Gasteiger charge is 2.17. The van der Waals surface area contributed by atoms with E-state index in [1.54, 1.807) is 7.11 Å². The van der Waals surface area contributed by atoms with Crippen molar-refractivity contribution in [2.75, 3.05) is 18.6 Å². The van der Waals surface area contributed by atoms with Crippen molar-refractivity contribution < 1.29 is 14.3 Å². The van der Waals surface area contributed by atoms with E-state index in [1.165, 1.54) is 11.8 Å². The first-order chi connectivity index (χ1) is 9.73. The summed E-state index contributed by atoms with van der Waals surface area (Å²) in [5.41, 5.74) is 7.86. The van der Waals surface area contributed by atoms with Crippen LogP contribution in [0.4, 0.5) is 0 Å². The Hall–Kier alpha value is -1.20. The third-order valence-electron chi connectivity index (χ3n) is 2.72. The summed E-state index contributed by atoms with van der Waals surface area (Å²) in [7, 11) is 1.63. The number of aryl methyl sites for hydroxylation is 1. The van der Waals surface area contributed by atoms with Crippen LogP contribution in [0.25, 0.3) is 0 Å². The minimum absolute atomic E-state index is 0.174. The van der Waals surface area contributed by atoms with Gasteiger partial charge in [0.05, 0.1) is 12.9 Å². The van der Waals surface area contributed by atoms with Crippen molar-refractivity contribution in [2.45, 2.75) is 39.3 Å². The Morgan fingerprint density at radius 2 is 2.05 bits per heavy atom. The molecule has 0 fully saturated rings. The van der Waals surface area contributed by atoms with Crippen LogP contribution in [-0.2, 0) is 9.53 Å². The molecule has 0 bridgehead atoms. The van der Waals surface area contributed by atoms with E-state index in [0.29, 0.717) is 11.5 Å². The van der Waals surface area contributed by atoms with E-state index in [1.807, 2.05) is 45.9 Å². The number of rotatable bonds is 6. The lowest BCUT2D eigenvalue weighted by Gasteiger charge is -2.20. The van der Waals surface area contributed by atoms with E-state index in [-0.39, 0.29) is 12.0 Å². The number of benzene rings is 1. The van der Waals surface area contributed by atoms with Crippen LogP contribution in [0.2, 0.25) is 0 Å². The van der Waals surface area contributed by atoms with Crippen LogP contribution >= 0.6 is 11.8 Å². The molecular weight excluding hydrogens is 286 g/mol. The minimum atomic E-state index is -0.445. The van der Waals surface area contributed by atoms with E-state index in [2.05, 4.69) is 0 Å². The molecule has 0 aliphatic heterocycles. The number of hydrogen-bond donors (Lipinski definition) is 1. The van der Waals surface area contributed by atoms with Gasteiger partial charge in [-0.15, -0.1) is 11.8 Å². The molecule has 0 amide bonds. The number of ether oxygens (including phenoxy) is 2. The zero-order chi connectivity index (χ0) is 16.0. The second-order valence-corrected chi connectivity index (χ2v) is 6.98. The van der Waals surface area contributed by atoms with Gasteiger partial charge in [-0.25, -0.2) is 0 Å². The molecule has 0 saturated carbocycles. The van der Waals surface area contributed by atoms with Crippen molar-refractivity contribution >= 4 is 17.7 Å². The molecule has 118 valence electrons. The Kier molecular flexibility index (Phi) is 6.55. The number of esters is 1. The Labute approximate surface area is 131 Å². The van der Waals surface area contributed by atoms with Gasteiger partial charge < -0.3 is 15.2 Å². The molecule has 21 heavy (non-hydrogen) atoms. The normalized spacial score (nSPS) is 12.9. The quantitative estimate of drug-likeness (QED) is 0.818. The van der Waals surface area contributed by atoms with Crippen LogP contribution in [0.5, 0.6) is 5.75 Å². The molecule has 1 unspecified atom stereocenters. The van der Waals surface area contributed by atoms with Gasteiger partial charge in [0.1, 0.15) is 11.4 Å². The zero-order valence-corrected chi connectivity index (χ0v) is 14.3. The predicted octanol–water partition coefficient (Wildman–Crippen LogP) is 3.08. The average molecular weight is 311 g/mol. The second-order valence-electron chi connectivity index (χ2n) is 5.95. The lowest BCUT2D eigenvalue weighted by Crippen LogP contribution is -2.25. The molecule has 0 spiro atoms. The Balaban J connectivity index is 2.53. The summed E-state index contributed by atoms with van der Waals surface area (Å²) in [6.45, 7) is 7.60. The Morgan fingerprint density at radius 1 is 1.38 bits per heavy atom. The summed E-state index contributed by atoms with van der Waals surface area (Å²) in [5.74, 6) is 1.51. The molecule has 0 aromatic heterocycles. The van der Waals surface area contributed by atoms with E-state index in [9.17, 15) is 4.79 Å². The molecule has 2 N–H and O–H groups in total. The number of hydrogen-bond acceptors (Lipinski definition) is 5. The molecule has 5 heteroatoms. The first kappa shape index (κ1) is 17.9. The third-order valence-corrected chi connectivity index (χ3v) is 3.76. The van der Waals surface area contributed by atoms with Gasteiger partial charge >= 0.3 is 5.97 Å². The first-order valence-electron chi connectivity index (χ1n) is 6.92. The van der Waals surface area contributed by atoms with Crippen molar-refractivity contribution in [2.24, 2.45) is 5.73 Å². The van der Waals surface area contributed by atoms with Gasteiger partial charge in [-0.2, -0.15) is 0 Å². The maximum atomic E-state index is 11.6. The summed E-state index contributed by atoms with van der Waals surface area (Å²) in [6, 6.07) is 5.76. The molecule has 1 atom stereocenters. The summed E-state index contributed by atoms with van der Waals surface area (Å²) in [5, 5.41) is 0. The van der Waals surface area contributed by atoms with E-state index < -0.39 is 5.60 Å². The van der Waals surface area contributed by atoms with Gasteiger partial charge in [-0.3, -0.25) is 4.79 Å². The molecule has 0 heterocycles. The predicted molar refractivity (Wildman–Crippen MR) is 87.8 cm³/mol. The zero-order valence-electron chi connectivity index (χ0n) is 13.4. The van der Waals surface area contributed by atoms with Crippen LogP contribution in [-0.4, -0.2) is 30.2 Å². The van der Waals surface area contributed by atoms with Crippen LogP contribution in [0, 0.1) is 6.92 Å². The van der Waals surface area contributed by atoms with Crippen LogP contribution in [0.15, 0.2) is 18.2 Å². The smallest absolute Gasteiger partial charge is 0.316 e. The molecule has 0 saturated heterocycles. The summed E-state index contributed by atoms with van der Waals surface area (Å²) in [4.78, 5) is 11.6. The van der Waals surface area contributed by atoms with Crippen molar-refractivity contribution in [1.29, 1.82) is 0 Å². The lowest BCUT2D eigenvalue weighted by molar-refractivity contribution is -0.151. The van der Waals surface area contributed by atoms with Crippen molar-refractivity contribution in [3.63, 3.8) is 0 Å². The number of thioether (sulfide) groups is 1. The summed E-state index contributed by atoms with van der Waals surface area (Å²) in [6.07, 6.45) is 0. The molecule has 1 aromatic carbocycles. The largest absolute Gasteiger partial charge is 0.496 e. The molecule has 0 radical (unpaired) electrons. The Bertz CT molecular complexity index is 483. The van der Waals surface area contributed by atoms with Gasteiger partial charge in [0, 0.05) is 17.4 Å². The molecular formula is C16H25NO3S. The van der Waals surface area contributed by atoms with Crippen molar-refractivity contribution in [3.05, 3.63) is 29.3 Å². The SMILES string of the molecule is COc1ccc(C)cc1C(N)CSCC(=O)OC(C)(C)C. The van der Waals surface area contributed by atoms with Crippen LogP contribution in [0.1, 0.15) is 37.9 Å². The highest BCUT2D eigenvalue weighted by Crippen LogP contribution is 2.27. The number of methoxy groups -OCH3 is 1. The monoisotopic (exact) mass is 311 g/mol. The molecule has 1 aromatic rings. The fourth-order valence-corrected chi connectivity index (χ4v) is 2.65. The van der Waals surface area contributed by atoms with Crippen molar-refractivity contribution in [3.8, 4) is 5.75 Å². The van der Waals surface area contributed by atoms with Crippen LogP contribution in [0.3, 0.4) is 0 Å². The first-order valence-corrected chi connectivity index (χ1v) is 8.08. The van der Waals surface area contributed by atoms with Gasteiger partial charge in [-0.05, 0) is 33.8 Å². The van der Waals surface area contributed by atoms with E-state index in [4.69, 9.17) is 15.2 Å². The number of carbonyl (C=O) groups excluding carboxylic acids is 1. The number of carbonyl (C=O) groups is 1. The fraction of sp³-hybridized carbons (Fsp3) is 0.562. The topological polar surface area (TPSA) is 61.5 Å². The van der Waals surface area contributed by atoms with Crippen molar-refractivity contribution in [1.82, 2.24) is 0 Å².